The van der Waals surface area contributed by atoms with Crippen molar-refractivity contribution < 1.29 is 9.47 Å². The summed E-state index contributed by atoms with van der Waals surface area (Å²) in [7, 11) is 0. The lowest BCUT2D eigenvalue weighted by atomic mass is 10.3. The summed E-state index contributed by atoms with van der Waals surface area (Å²) in [5.74, 6) is 0. The fourth-order valence-electron chi connectivity index (χ4n) is 1.13. The maximum atomic E-state index is 5.82. The summed E-state index contributed by atoms with van der Waals surface area (Å²) in [5.41, 5.74) is 0. The van der Waals surface area contributed by atoms with E-state index in [-0.39, 0.29) is 0 Å². The third-order valence-corrected chi connectivity index (χ3v) is 2.47. The minimum atomic E-state index is -1.46. The van der Waals surface area contributed by atoms with E-state index in [1.165, 1.54) is 0 Å². The Morgan fingerprint density at radius 1 is 0.800 bits per heavy atom. The molecule has 0 atom stereocenters. The van der Waals surface area contributed by atoms with E-state index >= 15 is 0 Å². The van der Waals surface area contributed by atoms with Gasteiger partial charge in [-0.2, -0.15) is 0 Å². The summed E-state index contributed by atoms with van der Waals surface area (Å²) in [5, 5.41) is 0. The van der Waals surface area contributed by atoms with Gasteiger partial charge >= 0.3 is 4.71 Å². The highest BCUT2D eigenvalue weighted by molar-refractivity contribution is 6.46. The van der Waals surface area contributed by atoms with Crippen molar-refractivity contribution in [2.75, 3.05) is 13.2 Å². The summed E-state index contributed by atoms with van der Waals surface area (Å²) in [6.45, 7) is 5.37. The Morgan fingerprint density at radius 2 is 1.20 bits per heavy atom. The SMILES string of the molecule is CCCCCOC(Cl)(Cl)OCCCCC. The fourth-order valence-corrected chi connectivity index (χ4v) is 1.44. The molecule has 4 heteroatoms. The lowest BCUT2D eigenvalue weighted by Crippen LogP contribution is -2.23. The summed E-state index contributed by atoms with van der Waals surface area (Å²) in [6, 6.07) is 0. The number of hydrogen-bond acceptors (Lipinski definition) is 2. The van der Waals surface area contributed by atoms with Crippen LogP contribution in [0.5, 0.6) is 0 Å². The summed E-state index contributed by atoms with van der Waals surface area (Å²) < 4.78 is 8.98. The van der Waals surface area contributed by atoms with E-state index in [0.717, 1.165) is 38.5 Å². The van der Waals surface area contributed by atoms with Gasteiger partial charge in [-0.1, -0.05) is 39.5 Å². The number of ether oxygens (including phenoxy) is 2. The maximum Gasteiger partial charge on any atom is 0.331 e. The van der Waals surface area contributed by atoms with Gasteiger partial charge in [0.2, 0.25) is 0 Å². The van der Waals surface area contributed by atoms with Crippen molar-refractivity contribution in [3.8, 4) is 0 Å². The fraction of sp³-hybridized carbons (Fsp3) is 1.00. The molecule has 0 aliphatic carbocycles. The zero-order valence-electron chi connectivity index (χ0n) is 9.73. The highest BCUT2D eigenvalue weighted by Crippen LogP contribution is 2.25. The highest BCUT2D eigenvalue weighted by atomic mass is 35.5. The van der Waals surface area contributed by atoms with Gasteiger partial charge in [0, 0.05) is 0 Å². The first-order chi connectivity index (χ1) is 7.12. The summed E-state index contributed by atoms with van der Waals surface area (Å²) in [4.78, 5) is 0. The first-order valence-corrected chi connectivity index (χ1v) is 6.53. The molecule has 0 radical (unpaired) electrons. The van der Waals surface area contributed by atoms with E-state index in [1.54, 1.807) is 0 Å². The van der Waals surface area contributed by atoms with Crippen LogP contribution >= 0.6 is 23.2 Å². The van der Waals surface area contributed by atoms with Gasteiger partial charge in [-0.3, -0.25) is 0 Å². The molecule has 0 fully saturated rings. The largest absolute Gasteiger partial charge is 0.331 e. The van der Waals surface area contributed by atoms with Gasteiger partial charge in [-0.25, -0.2) is 0 Å². The monoisotopic (exact) mass is 256 g/mol. The Labute approximate surface area is 103 Å². The van der Waals surface area contributed by atoms with Crippen LogP contribution in [0.3, 0.4) is 0 Å². The Balaban J connectivity index is 3.40. The Hall–Kier alpha value is 0.500. The van der Waals surface area contributed by atoms with Crippen molar-refractivity contribution in [1.82, 2.24) is 0 Å². The molecule has 0 N–H and O–H groups in total. The van der Waals surface area contributed by atoms with E-state index in [0.29, 0.717) is 13.2 Å². The van der Waals surface area contributed by atoms with E-state index in [2.05, 4.69) is 13.8 Å². The smallest absolute Gasteiger partial charge is 0.325 e. The Bertz CT molecular complexity index is 127. The molecule has 0 aromatic heterocycles. The second-order valence-corrected chi connectivity index (χ2v) is 4.76. The third kappa shape index (κ3) is 10.8. The van der Waals surface area contributed by atoms with Crippen LogP contribution in [0.4, 0.5) is 0 Å². The molecule has 15 heavy (non-hydrogen) atoms. The third-order valence-electron chi connectivity index (χ3n) is 2.04. The van der Waals surface area contributed by atoms with Crippen LogP contribution in [0.1, 0.15) is 52.4 Å². The standard InChI is InChI=1S/C11H22Cl2O2/c1-3-5-7-9-14-11(12,13)15-10-8-6-4-2/h3-10H2,1-2H3. The minimum Gasteiger partial charge on any atom is -0.325 e. The first kappa shape index (κ1) is 15.5. The molecule has 0 spiro atoms. The highest BCUT2D eigenvalue weighted by Gasteiger charge is 2.25. The molecule has 2 nitrogen and oxygen atoms in total. The number of rotatable bonds is 10. The van der Waals surface area contributed by atoms with Gasteiger partial charge in [-0.05, 0) is 36.0 Å². The van der Waals surface area contributed by atoms with Crippen LogP contribution < -0.4 is 0 Å². The molecule has 0 unspecified atom stereocenters. The van der Waals surface area contributed by atoms with Gasteiger partial charge < -0.3 is 9.47 Å². The zero-order valence-corrected chi connectivity index (χ0v) is 11.2. The van der Waals surface area contributed by atoms with Gasteiger partial charge in [0.15, 0.2) is 0 Å². The molecule has 0 aromatic carbocycles. The predicted octanol–water partition coefficient (Wildman–Crippen LogP) is 4.49. The topological polar surface area (TPSA) is 18.5 Å². The molecule has 0 rings (SSSR count). The van der Waals surface area contributed by atoms with Gasteiger partial charge in [0.1, 0.15) is 0 Å². The van der Waals surface area contributed by atoms with Crippen LogP contribution in [0.15, 0.2) is 0 Å². The van der Waals surface area contributed by atoms with Crippen molar-refractivity contribution in [3.05, 3.63) is 0 Å². The molecular weight excluding hydrogens is 235 g/mol. The molecule has 0 aromatic rings. The maximum absolute atomic E-state index is 5.82. The second-order valence-electron chi connectivity index (χ2n) is 3.57. The molecule has 0 heterocycles. The van der Waals surface area contributed by atoms with Crippen molar-refractivity contribution in [2.45, 2.75) is 57.1 Å². The predicted molar refractivity (Wildman–Crippen MR) is 65.4 cm³/mol. The van der Waals surface area contributed by atoms with Gasteiger partial charge in [0.05, 0.1) is 13.2 Å². The molecule has 0 bridgehead atoms. The van der Waals surface area contributed by atoms with Crippen LogP contribution in [0, 0.1) is 0 Å². The second kappa shape index (κ2) is 9.71. The van der Waals surface area contributed by atoms with Crippen molar-refractivity contribution in [3.63, 3.8) is 0 Å². The van der Waals surface area contributed by atoms with E-state index in [1.807, 2.05) is 0 Å². The number of unbranched alkanes of at least 4 members (excludes halogenated alkanes) is 4. The van der Waals surface area contributed by atoms with Crippen molar-refractivity contribution in [2.24, 2.45) is 0 Å². The summed E-state index contributed by atoms with van der Waals surface area (Å²) >= 11 is 11.6. The van der Waals surface area contributed by atoms with Crippen LogP contribution in [0.2, 0.25) is 0 Å². The van der Waals surface area contributed by atoms with Gasteiger partial charge in [-0.15, -0.1) is 0 Å². The quantitative estimate of drug-likeness (QED) is 0.326. The Morgan fingerprint density at radius 3 is 1.53 bits per heavy atom. The molecule has 0 aliphatic rings. The Kier molecular flexibility index (Phi) is 10.0. The molecule has 0 amide bonds. The van der Waals surface area contributed by atoms with Crippen LogP contribution in [-0.2, 0) is 9.47 Å². The number of hydrogen-bond donors (Lipinski definition) is 0. The zero-order chi connectivity index (χ0) is 11.6. The number of alkyl halides is 2. The lowest BCUT2D eigenvalue weighted by molar-refractivity contribution is -0.122. The molecule has 0 saturated heterocycles. The van der Waals surface area contributed by atoms with Crippen LogP contribution in [-0.4, -0.2) is 17.9 Å². The summed E-state index contributed by atoms with van der Waals surface area (Å²) in [6.07, 6.45) is 6.49. The molecule has 0 saturated carbocycles. The molecule has 92 valence electrons. The van der Waals surface area contributed by atoms with Gasteiger partial charge in [0.25, 0.3) is 0 Å². The number of halogens is 2. The van der Waals surface area contributed by atoms with E-state index in [9.17, 15) is 0 Å². The first-order valence-electron chi connectivity index (χ1n) is 5.78. The van der Waals surface area contributed by atoms with Crippen molar-refractivity contribution >= 4 is 23.2 Å². The molecule has 0 aliphatic heterocycles. The lowest BCUT2D eigenvalue weighted by Gasteiger charge is -2.20. The average Bonchev–Trinajstić information content (AvgIpc) is 2.20. The van der Waals surface area contributed by atoms with E-state index in [4.69, 9.17) is 32.7 Å². The van der Waals surface area contributed by atoms with E-state index < -0.39 is 4.71 Å². The molecular formula is C11H22Cl2O2. The minimum absolute atomic E-state index is 0.550. The van der Waals surface area contributed by atoms with Crippen molar-refractivity contribution in [1.29, 1.82) is 0 Å². The normalized spacial score (nSPS) is 12.0. The van der Waals surface area contributed by atoms with Crippen LogP contribution in [0.25, 0.3) is 0 Å². The average molecular weight is 257 g/mol.